The summed E-state index contributed by atoms with van der Waals surface area (Å²) in [7, 11) is 0. The fraction of sp³-hybridized carbons (Fsp3) is 0.529. The minimum absolute atomic E-state index is 0.112. The van der Waals surface area contributed by atoms with Crippen LogP contribution in [-0.2, 0) is 15.0 Å². The van der Waals surface area contributed by atoms with E-state index in [4.69, 9.17) is 15.2 Å². The molecule has 1 atom stereocenters. The first-order valence-electron chi connectivity index (χ1n) is 7.94. The molecule has 0 bridgehead atoms. The van der Waals surface area contributed by atoms with Crippen molar-refractivity contribution >= 4 is 17.6 Å². The number of nitrogens with one attached hydrogen (secondary N) is 1. The van der Waals surface area contributed by atoms with Crippen LogP contribution in [0.1, 0.15) is 33.3 Å². The Morgan fingerprint density at radius 1 is 1.38 bits per heavy atom. The molecule has 0 saturated carbocycles. The number of amidine groups is 1. The number of carbonyl (C=O) groups is 1. The summed E-state index contributed by atoms with van der Waals surface area (Å²) in [5.41, 5.74) is 2.23. The summed E-state index contributed by atoms with van der Waals surface area (Å²) in [6.07, 6.45) is -0.875. The molecule has 3 N–H and O–H groups in total. The van der Waals surface area contributed by atoms with Crippen LogP contribution in [0.25, 0.3) is 0 Å². The van der Waals surface area contributed by atoms with Crippen molar-refractivity contribution in [3.63, 3.8) is 0 Å². The van der Waals surface area contributed by atoms with Gasteiger partial charge in [-0.15, -0.1) is 0 Å². The molecule has 0 spiro atoms. The average molecular weight is 373 g/mol. The van der Waals surface area contributed by atoms with E-state index >= 15 is 0 Å². The van der Waals surface area contributed by atoms with Crippen molar-refractivity contribution in [3.8, 4) is 0 Å². The molecule has 1 aromatic carbocycles. The summed E-state index contributed by atoms with van der Waals surface area (Å²) in [5, 5.41) is 2.29. The van der Waals surface area contributed by atoms with E-state index in [2.05, 4.69) is 10.3 Å². The van der Waals surface area contributed by atoms with E-state index < -0.39 is 41.1 Å². The number of ether oxygens (including phenoxy) is 2. The van der Waals surface area contributed by atoms with E-state index in [-0.39, 0.29) is 18.1 Å². The van der Waals surface area contributed by atoms with Crippen LogP contribution in [0.2, 0.25) is 0 Å². The predicted molar refractivity (Wildman–Crippen MR) is 90.7 cm³/mol. The molecular formula is C17H22F3N3O3. The molecule has 1 aromatic rings. The number of nitrogens with zero attached hydrogens (tertiary/aromatic N) is 1. The molecule has 2 rings (SSSR count). The number of rotatable bonds is 1. The SMILES string of the molecule is CC(C)(C)OC(=O)NC1=N[C@](C)(c2cc(N)ccc2F)C(F)(F)COC1. The van der Waals surface area contributed by atoms with Gasteiger partial charge < -0.3 is 15.2 Å². The number of amides is 1. The minimum Gasteiger partial charge on any atom is -0.444 e. The Morgan fingerprint density at radius 2 is 2.04 bits per heavy atom. The molecule has 1 amide bonds. The molecule has 0 aliphatic carbocycles. The van der Waals surface area contributed by atoms with Crippen LogP contribution in [0.3, 0.4) is 0 Å². The number of halogens is 3. The Bertz CT molecular complexity index is 732. The van der Waals surface area contributed by atoms with Crippen LogP contribution in [-0.4, -0.2) is 36.7 Å². The van der Waals surface area contributed by atoms with Gasteiger partial charge in [0.05, 0.1) is 0 Å². The Hall–Kier alpha value is -2.29. The Morgan fingerprint density at radius 3 is 2.65 bits per heavy atom. The van der Waals surface area contributed by atoms with Gasteiger partial charge in [-0.05, 0) is 45.9 Å². The van der Waals surface area contributed by atoms with Gasteiger partial charge >= 0.3 is 6.09 Å². The third-order valence-electron chi connectivity index (χ3n) is 3.75. The maximum atomic E-state index is 14.7. The zero-order valence-corrected chi connectivity index (χ0v) is 15.0. The van der Waals surface area contributed by atoms with E-state index in [9.17, 15) is 18.0 Å². The van der Waals surface area contributed by atoms with E-state index in [0.29, 0.717) is 0 Å². The second-order valence-electron chi connectivity index (χ2n) is 7.19. The lowest BCUT2D eigenvalue weighted by Gasteiger charge is -2.33. The highest BCUT2D eigenvalue weighted by molar-refractivity contribution is 5.96. The molecule has 1 aliphatic heterocycles. The molecule has 0 unspecified atom stereocenters. The number of carbonyl (C=O) groups excluding carboxylic acids is 1. The monoisotopic (exact) mass is 373 g/mol. The molecular weight excluding hydrogens is 351 g/mol. The third-order valence-corrected chi connectivity index (χ3v) is 3.75. The predicted octanol–water partition coefficient (Wildman–Crippen LogP) is 3.21. The summed E-state index contributed by atoms with van der Waals surface area (Å²) >= 11 is 0. The highest BCUT2D eigenvalue weighted by Crippen LogP contribution is 2.44. The lowest BCUT2D eigenvalue weighted by molar-refractivity contribution is -0.116. The van der Waals surface area contributed by atoms with Crippen LogP contribution >= 0.6 is 0 Å². The molecule has 1 heterocycles. The maximum Gasteiger partial charge on any atom is 0.413 e. The zero-order valence-electron chi connectivity index (χ0n) is 15.0. The number of benzene rings is 1. The van der Waals surface area contributed by atoms with E-state index in [0.717, 1.165) is 19.1 Å². The fourth-order valence-electron chi connectivity index (χ4n) is 2.46. The highest BCUT2D eigenvalue weighted by atomic mass is 19.3. The first kappa shape index (κ1) is 20.0. The lowest BCUT2D eigenvalue weighted by Crippen LogP contribution is -2.45. The largest absolute Gasteiger partial charge is 0.444 e. The van der Waals surface area contributed by atoms with Crippen molar-refractivity contribution in [3.05, 3.63) is 29.6 Å². The molecule has 0 fully saturated rings. The van der Waals surface area contributed by atoms with Gasteiger partial charge in [0.25, 0.3) is 5.92 Å². The van der Waals surface area contributed by atoms with E-state index in [1.165, 1.54) is 6.07 Å². The molecule has 26 heavy (non-hydrogen) atoms. The Balaban J connectivity index is 2.45. The molecule has 0 aromatic heterocycles. The number of hydrogen-bond acceptors (Lipinski definition) is 5. The maximum absolute atomic E-state index is 14.7. The van der Waals surface area contributed by atoms with Crippen molar-refractivity contribution < 1.29 is 27.4 Å². The van der Waals surface area contributed by atoms with Gasteiger partial charge in [0.15, 0.2) is 5.54 Å². The smallest absolute Gasteiger partial charge is 0.413 e. The second-order valence-corrected chi connectivity index (χ2v) is 7.19. The van der Waals surface area contributed by atoms with E-state index in [1.807, 2.05) is 0 Å². The van der Waals surface area contributed by atoms with Gasteiger partial charge in [0.2, 0.25) is 0 Å². The lowest BCUT2D eigenvalue weighted by atomic mass is 9.85. The normalized spacial score (nSPS) is 23.0. The number of alkyl halides is 2. The standard InChI is InChI=1S/C17H22F3N3O3/c1-15(2,3)26-14(24)22-13-8-25-9-17(19,20)16(4,23-13)11-7-10(21)5-6-12(11)18/h5-7H,8-9,21H2,1-4H3,(H,22,23,24)/t16-/m1/s1. The summed E-state index contributed by atoms with van der Waals surface area (Å²) in [6.45, 7) is 4.64. The Labute approximate surface area is 149 Å². The van der Waals surface area contributed by atoms with Crippen molar-refractivity contribution in [2.45, 2.75) is 44.8 Å². The van der Waals surface area contributed by atoms with Crippen molar-refractivity contribution in [1.29, 1.82) is 0 Å². The molecule has 144 valence electrons. The zero-order chi connectivity index (χ0) is 19.8. The van der Waals surface area contributed by atoms with Crippen LogP contribution in [0.5, 0.6) is 0 Å². The molecule has 0 saturated heterocycles. The van der Waals surface area contributed by atoms with E-state index in [1.54, 1.807) is 20.8 Å². The number of hydrogen-bond donors (Lipinski definition) is 2. The molecule has 9 heteroatoms. The highest BCUT2D eigenvalue weighted by Gasteiger charge is 2.54. The van der Waals surface area contributed by atoms with Crippen LogP contribution in [0.4, 0.5) is 23.7 Å². The van der Waals surface area contributed by atoms with Crippen molar-refractivity contribution in [2.75, 3.05) is 18.9 Å². The first-order valence-corrected chi connectivity index (χ1v) is 7.94. The number of aliphatic imine (C=N–C) groups is 1. The van der Waals surface area contributed by atoms with Crippen LogP contribution in [0, 0.1) is 5.82 Å². The number of alkyl carbamates (subject to hydrolysis) is 1. The molecule has 0 radical (unpaired) electrons. The van der Waals surface area contributed by atoms with Gasteiger partial charge in [-0.2, -0.15) is 0 Å². The quantitative estimate of drug-likeness (QED) is 0.740. The van der Waals surface area contributed by atoms with Crippen LogP contribution < -0.4 is 11.1 Å². The topological polar surface area (TPSA) is 85.9 Å². The average Bonchev–Trinajstić information content (AvgIpc) is 2.57. The summed E-state index contributed by atoms with van der Waals surface area (Å²) in [4.78, 5) is 15.9. The first-order chi connectivity index (χ1) is 11.8. The molecule has 1 aliphatic rings. The minimum atomic E-state index is -3.54. The second kappa shape index (κ2) is 6.79. The number of anilines is 1. The Kier molecular flexibility index (Phi) is 5.23. The summed E-state index contributed by atoms with van der Waals surface area (Å²) in [5.74, 6) is -4.62. The van der Waals surface area contributed by atoms with Gasteiger partial charge in [0.1, 0.15) is 30.5 Å². The van der Waals surface area contributed by atoms with Crippen LogP contribution in [0.15, 0.2) is 23.2 Å². The molecule has 6 nitrogen and oxygen atoms in total. The summed E-state index contributed by atoms with van der Waals surface area (Å²) in [6, 6.07) is 3.36. The number of nitrogens with two attached hydrogens (primary N) is 1. The van der Waals surface area contributed by atoms with Crippen molar-refractivity contribution in [1.82, 2.24) is 5.32 Å². The van der Waals surface area contributed by atoms with Gasteiger partial charge in [0, 0.05) is 11.3 Å². The summed E-state index contributed by atoms with van der Waals surface area (Å²) < 4.78 is 53.7. The number of nitrogen functional groups attached to an aromatic ring is 1. The van der Waals surface area contributed by atoms with Gasteiger partial charge in [-0.25, -0.2) is 18.0 Å². The fourth-order valence-corrected chi connectivity index (χ4v) is 2.46. The third kappa shape index (κ3) is 4.27. The van der Waals surface area contributed by atoms with Gasteiger partial charge in [-0.1, -0.05) is 0 Å². The van der Waals surface area contributed by atoms with Gasteiger partial charge in [-0.3, -0.25) is 10.3 Å². The van der Waals surface area contributed by atoms with Crippen molar-refractivity contribution in [2.24, 2.45) is 4.99 Å².